The number of benzene rings is 4. The number of rotatable bonds is 13. The van der Waals surface area contributed by atoms with Gasteiger partial charge in [0.25, 0.3) is 0 Å². The highest BCUT2D eigenvalue weighted by Gasteiger charge is 2.30. The number of ether oxygens (including phenoxy) is 2. The molecule has 1 atom stereocenters. The van der Waals surface area contributed by atoms with Crippen LogP contribution in [0.3, 0.4) is 0 Å². The molecule has 2 heterocycles. The Morgan fingerprint density at radius 3 is 1.94 bits per heavy atom. The highest BCUT2D eigenvalue weighted by Crippen LogP contribution is 2.42. The van der Waals surface area contributed by atoms with Crippen molar-refractivity contribution in [2.75, 3.05) is 37.5 Å². The van der Waals surface area contributed by atoms with Crippen LogP contribution in [0.5, 0.6) is 11.5 Å². The Bertz CT molecular complexity index is 1750. The zero-order valence-corrected chi connectivity index (χ0v) is 27.2. The van der Waals surface area contributed by atoms with Gasteiger partial charge >= 0.3 is 5.69 Å². The number of nitrogens with one attached hydrogen (secondary N) is 1. The van der Waals surface area contributed by atoms with Gasteiger partial charge in [-0.25, -0.2) is 4.98 Å². The SMILES string of the molecule is COc1ccc(CN(Cc2ccc(OC)cc2)c2nc3ccccc3c(NC(C)c3ccc(CN4CCCC4)cc3)c2[N+](=O)[O-])cc1. The molecule has 1 unspecified atom stereocenters. The number of nitro groups is 1. The first-order valence-corrected chi connectivity index (χ1v) is 16.1. The monoisotopic (exact) mass is 631 g/mol. The second-order valence-corrected chi connectivity index (χ2v) is 12.1. The Morgan fingerprint density at radius 2 is 1.38 bits per heavy atom. The van der Waals surface area contributed by atoms with Gasteiger partial charge in [-0.2, -0.15) is 0 Å². The van der Waals surface area contributed by atoms with Crippen LogP contribution in [0.4, 0.5) is 17.2 Å². The number of fused-ring (bicyclic) bond motifs is 1. The smallest absolute Gasteiger partial charge is 0.335 e. The fourth-order valence-electron chi connectivity index (χ4n) is 6.25. The summed E-state index contributed by atoms with van der Waals surface area (Å²) in [6.45, 7) is 6.08. The molecule has 47 heavy (non-hydrogen) atoms. The quantitative estimate of drug-likeness (QED) is 0.103. The number of aromatic nitrogens is 1. The third kappa shape index (κ3) is 7.47. The van der Waals surface area contributed by atoms with E-state index < -0.39 is 0 Å². The van der Waals surface area contributed by atoms with Gasteiger partial charge in [-0.15, -0.1) is 0 Å². The fraction of sp³-hybridized carbons (Fsp3) is 0.289. The van der Waals surface area contributed by atoms with E-state index in [4.69, 9.17) is 14.5 Å². The number of hydrogen-bond acceptors (Lipinski definition) is 8. The maximum Gasteiger partial charge on any atom is 0.335 e. The van der Waals surface area contributed by atoms with Crippen molar-refractivity contribution in [2.24, 2.45) is 0 Å². The van der Waals surface area contributed by atoms with Gasteiger partial charge in [0.1, 0.15) is 17.2 Å². The van der Waals surface area contributed by atoms with E-state index in [1.54, 1.807) is 14.2 Å². The zero-order valence-electron chi connectivity index (χ0n) is 27.2. The maximum atomic E-state index is 13.1. The summed E-state index contributed by atoms with van der Waals surface area (Å²) in [5, 5.41) is 17.3. The van der Waals surface area contributed by atoms with Crippen molar-refractivity contribution < 1.29 is 14.4 Å². The Kier molecular flexibility index (Phi) is 9.83. The van der Waals surface area contributed by atoms with Gasteiger partial charge in [0, 0.05) is 31.1 Å². The van der Waals surface area contributed by atoms with E-state index in [9.17, 15) is 10.1 Å². The van der Waals surface area contributed by atoms with Crippen LogP contribution in [0.1, 0.15) is 48.1 Å². The molecular formula is C38H41N5O4. The molecule has 9 nitrogen and oxygen atoms in total. The Morgan fingerprint density at radius 1 is 0.830 bits per heavy atom. The van der Waals surface area contributed by atoms with Gasteiger partial charge < -0.3 is 19.7 Å². The molecule has 5 aromatic rings. The average molecular weight is 632 g/mol. The van der Waals surface area contributed by atoms with E-state index in [0.29, 0.717) is 35.5 Å². The van der Waals surface area contributed by atoms with Crippen LogP contribution in [-0.4, -0.2) is 42.1 Å². The number of para-hydroxylation sites is 1. The number of nitrogens with zero attached hydrogens (tertiary/aromatic N) is 4. The summed E-state index contributed by atoms with van der Waals surface area (Å²) in [6, 6.07) is 31.5. The third-order valence-electron chi connectivity index (χ3n) is 8.84. The van der Waals surface area contributed by atoms with E-state index in [2.05, 4.69) is 34.5 Å². The van der Waals surface area contributed by atoms with Gasteiger partial charge in [-0.05, 0) is 85.4 Å². The largest absolute Gasteiger partial charge is 0.497 e. The zero-order chi connectivity index (χ0) is 32.8. The predicted molar refractivity (Wildman–Crippen MR) is 187 cm³/mol. The van der Waals surface area contributed by atoms with Gasteiger partial charge in [-0.1, -0.05) is 66.7 Å². The molecule has 0 spiro atoms. The second kappa shape index (κ2) is 14.5. The highest BCUT2D eigenvalue weighted by molar-refractivity contribution is 5.99. The molecule has 1 fully saturated rings. The summed E-state index contributed by atoms with van der Waals surface area (Å²) in [6.07, 6.45) is 2.52. The lowest BCUT2D eigenvalue weighted by molar-refractivity contribution is -0.383. The predicted octanol–water partition coefficient (Wildman–Crippen LogP) is 8.14. The maximum absolute atomic E-state index is 13.1. The average Bonchev–Trinajstić information content (AvgIpc) is 3.61. The number of hydrogen-bond donors (Lipinski definition) is 1. The molecule has 9 heteroatoms. The van der Waals surface area contributed by atoms with Gasteiger partial charge in [-0.3, -0.25) is 15.0 Å². The van der Waals surface area contributed by atoms with Crippen LogP contribution < -0.4 is 19.7 Å². The molecule has 1 saturated heterocycles. The van der Waals surface area contributed by atoms with Gasteiger partial charge in [0.05, 0.1) is 24.7 Å². The van der Waals surface area contributed by atoms with Crippen LogP contribution in [0.25, 0.3) is 10.9 Å². The van der Waals surface area contributed by atoms with Gasteiger partial charge in [0.2, 0.25) is 5.82 Å². The minimum absolute atomic E-state index is 0.0526. The minimum atomic E-state index is -0.308. The fourth-order valence-corrected chi connectivity index (χ4v) is 6.25. The Hall–Kier alpha value is -5.15. The minimum Gasteiger partial charge on any atom is -0.497 e. The first-order chi connectivity index (χ1) is 22.9. The normalized spacial score (nSPS) is 13.8. The third-order valence-corrected chi connectivity index (χ3v) is 8.84. The molecular weight excluding hydrogens is 590 g/mol. The van der Waals surface area contributed by atoms with Crippen molar-refractivity contribution in [1.29, 1.82) is 0 Å². The topological polar surface area (TPSA) is 93.0 Å². The van der Waals surface area contributed by atoms with E-state index in [1.165, 1.54) is 18.4 Å². The lowest BCUT2D eigenvalue weighted by Gasteiger charge is -2.26. The Labute approximate surface area is 275 Å². The standard InChI is InChI=1S/C38H41N5O4/c1-27(31-16-10-28(11-17-31)24-41-22-6-7-23-41)39-36-34-8-4-5-9-35(34)40-38(37(36)43(44)45)42(25-29-12-18-32(46-2)19-13-29)26-30-14-20-33(47-3)21-15-30/h4-5,8-21,27H,6-7,22-26H2,1-3H3,(H,39,40). The summed E-state index contributed by atoms with van der Waals surface area (Å²) in [5.41, 5.74) is 5.36. The summed E-state index contributed by atoms with van der Waals surface area (Å²) in [7, 11) is 3.26. The van der Waals surface area contributed by atoms with Crippen LogP contribution in [0, 0.1) is 10.1 Å². The molecule has 4 aromatic carbocycles. The number of pyridine rings is 1. The molecule has 6 rings (SSSR count). The summed E-state index contributed by atoms with van der Waals surface area (Å²) >= 11 is 0. The molecule has 0 amide bonds. The highest BCUT2D eigenvalue weighted by atomic mass is 16.6. The Balaban J connectivity index is 1.39. The summed E-state index contributed by atoms with van der Waals surface area (Å²) in [5.74, 6) is 1.79. The van der Waals surface area contributed by atoms with Crippen molar-refractivity contribution in [3.63, 3.8) is 0 Å². The summed E-state index contributed by atoms with van der Waals surface area (Å²) in [4.78, 5) is 22.1. The molecule has 1 aromatic heterocycles. The first-order valence-electron chi connectivity index (χ1n) is 16.1. The molecule has 0 bridgehead atoms. The molecule has 0 saturated carbocycles. The summed E-state index contributed by atoms with van der Waals surface area (Å²) < 4.78 is 10.7. The van der Waals surface area contributed by atoms with Crippen molar-refractivity contribution in [3.05, 3.63) is 129 Å². The number of likely N-dealkylation sites (tertiary alicyclic amines) is 1. The lowest BCUT2D eigenvalue weighted by Crippen LogP contribution is -2.25. The first kappa shape index (κ1) is 31.8. The van der Waals surface area contributed by atoms with Crippen molar-refractivity contribution >= 4 is 28.1 Å². The van der Waals surface area contributed by atoms with Crippen molar-refractivity contribution in [3.8, 4) is 11.5 Å². The second-order valence-electron chi connectivity index (χ2n) is 12.1. The van der Waals surface area contributed by atoms with Crippen LogP contribution in [0.15, 0.2) is 97.1 Å². The molecule has 1 aliphatic rings. The molecule has 1 N–H and O–H groups in total. The molecule has 0 radical (unpaired) electrons. The van der Waals surface area contributed by atoms with Crippen LogP contribution in [-0.2, 0) is 19.6 Å². The van der Waals surface area contributed by atoms with Gasteiger partial charge in [0.15, 0.2) is 0 Å². The van der Waals surface area contributed by atoms with Crippen LogP contribution in [0.2, 0.25) is 0 Å². The molecule has 242 valence electrons. The van der Waals surface area contributed by atoms with Crippen molar-refractivity contribution in [2.45, 2.75) is 45.4 Å². The van der Waals surface area contributed by atoms with Crippen molar-refractivity contribution in [1.82, 2.24) is 9.88 Å². The lowest BCUT2D eigenvalue weighted by atomic mass is 10.0. The van der Waals surface area contributed by atoms with E-state index in [1.807, 2.05) is 84.6 Å². The molecule has 1 aliphatic heterocycles. The van der Waals surface area contributed by atoms with E-state index in [-0.39, 0.29) is 16.7 Å². The number of anilines is 2. The van der Waals surface area contributed by atoms with Crippen LogP contribution >= 0.6 is 0 Å². The van der Waals surface area contributed by atoms with E-state index >= 15 is 0 Å². The van der Waals surface area contributed by atoms with E-state index in [0.717, 1.165) is 47.8 Å². The number of methoxy groups -OCH3 is 2. The molecule has 0 aliphatic carbocycles.